The highest BCUT2D eigenvalue weighted by Crippen LogP contribution is 2.10. The predicted octanol–water partition coefficient (Wildman–Crippen LogP) is 0.666. The number of nitrogens with zero attached hydrogens (tertiary/aromatic N) is 3. The Hall–Kier alpha value is -0.860. The zero-order chi connectivity index (χ0) is 10.1. The molecular formula is C8H11BrN4. The molecule has 2 N–H and O–H groups in total. The van der Waals surface area contributed by atoms with Crippen molar-refractivity contribution in [3.8, 4) is 11.8 Å². The molecule has 0 aliphatic heterocycles. The van der Waals surface area contributed by atoms with Gasteiger partial charge in [-0.3, -0.25) is 0 Å². The molecule has 1 rings (SSSR count). The first kappa shape index (κ1) is 10.2. The summed E-state index contributed by atoms with van der Waals surface area (Å²) in [5.41, 5.74) is 5.95. The quantitative estimate of drug-likeness (QED) is 0.681. The molecule has 70 valence electrons. The average Bonchev–Trinajstić information content (AvgIpc) is 2.27. The van der Waals surface area contributed by atoms with E-state index in [-0.39, 0.29) is 0 Å². The molecule has 0 aliphatic rings. The maximum atomic E-state index is 5.71. The van der Waals surface area contributed by atoms with Gasteiger partial charge in [0, 0.05) is 7.05 Å². The van der Waals surface area contributed by atoms with Crippen molar-refractivity contribution in [2.45, 2.75) is 19.4 Å². The minimum Gasteiger partial charge on any atom is -0.316 e. The molecule has 4 nitrogen and oxygen atoms in total. The van der Waals surface area contributed by atoms with Gasteiger partial charge >= 0.3 is 0 Å². The number of halogens is 1. The van der Waals surface area contributed by atoms with Crippen LogP contribution in [0.3, 0.4) is 0 Å². The number of nitrogens with two attached hydrogens (primary N) is 1. The molecule has 0 aliphatic carbocycles. The summed E-state index contributed by atoms with van der Waals surface area (Å²) in [5, 5.41) is 7.60. The molecule has 1 aromatic heterocycles. The van der Waals surface area contributed by atoms with Crippen molar-refractivity contribution < 1.29 is 0 Å². The fourth-order valence-corrected chi connectivity index (χ4v) is 1.11. The molecule has 5 heteroatoms. The van der Waals surface area contributed by atoms with Gasteiger partial charge in [0.1, 0.15) is 5.69 Å². The summed E-state index contributed by atoms with van der Waals surface area (Å²) in [5.74, 6) is 5.82. The fraction of sp³-hybridized carbons (Fsp3) is 0.500. The van der Waals surface area contributed by atoms with Gasteiger partial charge in [-0.2, -0.15) is 0 Å². The third-order valence-corrected chi connectivity index (χ3v) is 1.82. The summed E-state index contributed by atoms with van der Waals surface area (Å²) in [4.78, 5) is 0. The van der Waals surface area contributed by atoms with Crippen molar-refractivity contribution in [3.05, 3.63) is 10.3 Å². The Morgan fingerprint density at radius 3 is 2.54 bits per heavy atom. The molecule has 0 radical (unpaired) electrons. The largest absolute Gasteiger partial charge is 0.316 e. The minimum atomic E-state index is -0.496. The van der Waals surface area contributed by atoms with Crippen molar-refractivity contribution >= 4 is 15.9 Å². The SMILES string of the molecule is Cn1nnc(Br)c1C#CC(C)(C)N. The number of aryl methyl sites for hydroxylation is 1. The molecule has 13 heavy (non-hydrogen) atoms. The van der Waals surface area contributed by atoms with Gasteiger partial charge in [0.2, 0.25) is 0 Å². The van der Waals surface area contributed by atoms with Crippen LogP contribution in [0.15, 0.2) is 4.60 Å². The predicted molar refractivity (Wildman–Crippen MR) is 53.8 cm³/mol. The molecule has 0 saturated carbocycles. The second-order valence-electron chi connectivity index (χ2n) is 3.32. The van der Waals surface area contributed by atoms with Crippen LogP contribution in [0.1, 0.15) is 19.5 Å². The molecule has 0 bridgehead atoms. The van der Waals surface area contributed by atoms with Crippen molar-refractivity contribution in [1.82, 2.24) is 15.0 Å². The maximum absolute atomic E-state index is 5.71. The summed E-state index contributed by atoms with van der Waals surface area (Å²) in [7, 11) is 1.78. The molecule has 0 fully saturated rings. The number of rotatable bonds is 0. The van der Waals surface area contributed by atoms with Gasteiger partial charge in [-0.25, -0.2) is 4.68 Å². The summed E-state index contributed by atoms with van der Waals surface area (Å²) in [6, 6.07) is 0. The number of hydrogen-bond donors (Lipinski definition) is 1. The number of aromatic nitrogens is 3. The standard InChI is InChI=1S/C8H11BrN4/c1-8(2,10)5-4-6-7(9)11-12-13(6)3/h10H2,1-3H3. The van der Waals surface area contributed by atoms with Crippen LogP contribution in [-0.4, -0.2) is 20.5 Å². The van der Waals surface area contributed by atoms with E-state index in [1.165, 1.54) is 0 Å². The van der Waals surface area contributed by atoms with Gasteiger partial charge < -0.3 is 5.73 Å². The molecule has 0 amide bonds. The van der Waals surface area contributed by atoms with Gasteiger partial charge in [-0.1, -0.05) is 11.1 Å². The Morgan fingerprint density at radius 1 is 1.54 bits per heavy atom. The van der Waals surface area contributed by atoms with E-state index in [0.717, 1.165) is 5.69 Å². The van der Waals surface area contributed by atoms with Crippen LogP contribution in [0.25, 0.3) is 0 Å². The lowest BCUT2D eigenvalue weighted by atomic mass is 10.1. The normalized spacial score (nSPS) is 10.8. The third-order valence-electron chi connectivity index (χ3n) is 1.29. The van der Waals surface area contributed by atoms with Gasteiger partial charge in [0.05, 0.1) is 5.54 Å². The first-order valence-electron chi connectivity index (χ1n) is 3.77. The summed E-state index contributed by atoms with van der Waals surface area (Å²) in [6.45, 7) is 3.69. The highest BCUT2D eigenvalue weighted by molar-refractivity contribution is 9.10. The average molecular weight is 243 g/mol. The Bertz CT molecular complexity index is 344. The van der Waals surface area contributed by atoms with Gasteiger partial charge in [-0.05, 0) is 35.7 Å². The lowest BCUT2D eigenvalue weighted by Crippen LogP contribution is -2.29. The van der Waals surface area contributed by atoms with E-state index in [4.69, 9.17) is 5.73 Å². The smallest absolute Gasteiger partial charge is 0.164 e. The van der Waals surface area contributed by atoms with Crippen molar-refractivity contribution in [2.75, 3.05) is 0 Å². The molecule has 0 spiro atoms. The molecule has 0 atom stereocenters. The summed E-state index contributed by atoms with van der Waals surface area (Å²) < 4.78 is 2.25. The Balaban J connectivity index is 3.02. The monoisotopic (exact) mass is 242 g/mol. The lowest BCUT2D eigenvalue weighted by molar-refractivity contribution is 0.678. The zero-order valence-electron chi connectivity index (χ0n) is 7.80. The van der Waals surface area contributed by atoms with Crippen LogP contribution < -0.4 is 5.73 Å². The van der Waals surface area contributed by atoms with Crippen LogP contribution >= 0.6 is 15.9 Å². The Kier molecular flexibility index (Phi) is 2.74. The minimum absolute atomic E-state index is 0.496. The number of hydrogen-bond acceptors (Lipinski definition) is 3. The summed E-state index contributed by atoms with van der Waals surface area (Å²) in [6.07, 6.45) is 0. The Labute approximate surface area is 85.6 Å². The first-order valence-corrected chi connectivity index (χ1v) is 4.57. The van der Waals surface area contributed by atoms with E-state index in [0.29, 0.717) is 4.60 Å². The Morgan fingerprint density at radius 2 is 2.15 bits per heavy atom. The van der Waals surface area contributed by atoms with E-state index < -0.39 is 5.54 Å². The maximum Gasteiger partial charge on any atom is 0.164 e. The molecular weight excluding hydrogens is 232 g/mol. The van der Waals surface area contributed by atoms with Crippen LogP contribution in [0.2, 0.25) is 0 Å². The fourth-order valence-electron chi connectivity index (χ4n) is 0.685. The van der Waals surface area contributed by atoms with Gasteiger partial charge in [0.15, 0.2) is 4.60 Å². The summed E-state index contributed by atoms with van der Waals surface area (Å²) >= 11 is 3.25. The molecule has 0 aromatic carbocycles. The van der Waals surface area contributed by atoms with Crippen LogP contribution in [0, 0.1) is 11.8 Å². The second kappa shape index (κ2) is 3.48. The molecule has 0 saturated heterocycles. The van der Waals surface area contributed by atoms with E-state index in [2.05, 4.69) is 38.1 Å². The van der Waals surface area contributed by atoms with Gasteiger partial charge in [0.25, 0.3) is 0 Å². The molecule has 1 heterocycles. The topological polar surface area (TPSA) is 56.7 Å². The van der Waals surface area contributed by atoms with E-state index in [9.17, 15) is 0 Å². The van der Waals surface area contributed by atoms with Crippen LogP contribution in [0.4, 0.5) is 0 Å². The van der Waals surface area contributed by atoms with E-state index in [1.54, 1.807) is 11.7 Å². The zero-order valence-corrected chi connectivity index (χ0v) is 9.38. The van der Waals surface area contributed by atoms with E-state index >= 15 is 0 Å². The van der Waals surface area contributed by atoms with Crippen molar-refractivity contribution in [1.29, 1.82) is 0 Å². The van der Waals surface area contributed by atoms with Gasteiger partial charge in [-0.15, -0.1) is 5.10 Å². The van der Waals surface area contributed by atoms with Crippen molar-refractivity contribution in [2.24, 2.45) is 12.8 Å². The highest BCUT2D eigenvalue weighted by Gasteiger charge is 2.07. The van der Waals surface area contributed by atoms with E-state index in [1.807, 2.05) is 13.8 Å². The molecule has 1 aromatic rings. The lowest BCUT2D eigenvalue weighted by Gasteiger charge is -2.07. The van der Waals surface area contributed by atoms with Crippen molar-refractivity contribution in [3.63, 3.8) is 0 Å². The van der Waals surface area contributed by atoms with Crippen LogP contribution in [0.5, 0.6) is 0 Å². The van der Waals surface area contributed by atoms with Crippen LogP contribution in [-0.2, 0) is 7.05 Å². The molecule has 0 unspecified atom stereocenters. The third kappa shape index (κ3) is 2.83. The second-order valence-corrected chi connectivity index (χ2v) is 4.08. The first-order chi connectivity index (χ1) is 5.90. The highest BCUT2D eigenvalue weighted by atomic mass is 79.9.